The number of para-hydroxylation sites is 1. The van der Waals surface area contributed by atoms with E-state index in [1.165, 1.54) is 6.07 Å². The first-order chi connectivity index (χ1) is 9.99. The second kappa shape index (κ2) is 5.09. The first-order valence-corrected chi connectivity index (χ1v) is 6.81. The predicted molar refractivity (Wildman–Crippen MR) is 74.9 cm³/mol. The third kappa shape index (κ3) is 2.62. The van der Waals surface area contributed by atoms with Crippen molar-refractivity contribution in [2.75, 3.05) is 19.0 Å². The van der Waals surface area contributed by atoms with Crippen molar-refractivity contribution in [2.45, 2.75) is 25.4 Å². The smallest absolute Gasteiger partial charge is 0.422 e. The van der Waals surface area contributed by atoms with Gasteiger partial charge in [-0.1, -0.05) is 12.1 Å². The average Bonchev–Trinajstić information content (AvgIpc) is 2.89. The fourth-order valence-corrected chi connectivity index (χ4v) is 2.82. The second-order valence-electron chi connectivity index (χ2n) is 5.07. The number of nitrogens with one attached hydrogen (secondary N) is 1. The van der Waals surface area contributed by atoms with Crippen LogP contribution in [0.25, 0.3) is 10.9 Å². The number of halogens is 3. The minimum atomic E-state index is -4.36. The van der Waals surface area contributed by atoms with Crippen LogP contribution >= 0.6 is 0 Å². The van der Waals surface area contributed by atoms with Crippen molar-refractivity contribution >= 4 is 16.6 Å². The molecule has 0 aliphatic heterocycles. The molecule has 0 unspecified atom stereocenters. The third-order valence-corrected chi connectivity index (χ3v) is 3.65. The Morgan fingerprint density at radius 3 is 2.81 bits per heavy atom. The van der Waals surface area contributed by atoms with E-state index in [1.54, 1.807) is 6.07 Å². The minimum absolute atomic E-state index is 0.177. The number of fused-ring (bicyclic) bond motifs is 2. The van der Waals surface area contributed by atoms with Gasteiger partial charge in [0.1, 0.15) is 11.3 Å². The molecule has 0 spiro atoms. The van der Waals surface area contributed by atoms with E-state index in [9.17, 15) is 13.2 Å². The third-order valence-electron chi connectivity index (χ3n) is 3.65. The number of benzene rings is 1. The van der Waals surface area contributed by atoms with Gasteiger partial charge in [-0.2, -0.15) is 13.2 Å². The molecule has 6 heteroatoms. The van der Waals surface area contributed by atoms with E-state index in [4.69, 9.17) is 4.74 Å². The molecule has 0 radical (unpaired) electrons. The van der Waals surface area contributed by atoms with Crippen molar-refractivity contribution in [3.63, 3.8) is 0 Å². The number of hydrogen-bond acceptors (Lipinski definition) is 3. The Labute approximate surface area is 120 Å². The summed E-state index contributed by atoms with van der Waals surface area (Å²) in [5.41, 5.74) is 3.56. The van der Waals surface area contributed by atoms with E-state index in [2.05, 4.69) is 10.3 Å². The van der Waals surface area contributed by atoms with Crippen LogP contribution in [0.3, 0.4) is 0 Å². The maximum Gasteiger partial charge on any atom is 0.422 e. The van der Waals surface area contributed by atoms with Gasteiger partial charge in [0.05, 0.1) is 0 Å². The van der Waals surface area contributed by atoms with E-state index in [0.29, 0.717) is 5.52 Å². The lowest BCUT2D eigenvalue weighted by Crippen LogP contribution is -2.19. The number of aryl methyl sites for hydroxylation is 1. The standard InChI is InChI=1S/C15H15F3N2O/c1-19-13-9-4-2-6-11(9)20-14-10(13)5-3-7-12(14)21-8-15(16,17)18/h3,5,7H,2,4,6,8H2,1H3,(H,19,20). The molecule has 1 heterocycles. The molecule has 21 heavy (non-hydrogen) atoms. The lowest BCUT2D eigenvalue weighted by Gasteiger charge is -2.15. The van der Waals surface area contributed by atoms with Gasteiger partial charge in [0.25, 0.3) is 0 Å². The predicted octanol–water partition coefficient (Wildman–Crippen LogP) is 3.71. The molecule has 0 saturated heterocycles. The molecule has 0 fully saturated rings. The van der Waals surface area contributed by atoms with Crippen LogP contribution in [0.15, 0.2) is 18.2 Å². The summed E-state index contributed by atoms with van der Waals surface area (Å²) in [6.45, 7) is -1.31. The highest BCUT2D eigenvalue weighted by atomic mass is 19.4. The molecule has 1 N–H and O–H groups in total. The Morgan fingerprint density at radius 1 is 1.29 bits per heavy atom. The first kappa shape index (κ1) is 14.0. The van der Waals surface area contributed by atoms with Crippen LogP contribution in [0.1, 0.15) is 17.7 Å². The lowest BCUT2D eigenvalue weighted by molar-refractivity contribution is -0.153. The molecule has 0 bridgehead atoms. The highest BCUT2D eigenvalue weighted by Crippen LogP contribution is 2.37. The molecule has 1 aliphatic rings. The lowest BCUT2D eigenvalue weighted by atomic mass is 10.1. The fourth-order valence-electron chi connectivity index (χ4n) is 2.82. The summed E-state index contributed by atoms with van der Waals surface area (Å²) >= 11 is 0. The number of ether oxygens (including phenoxy) is 1. The van der Waals surface area contributed by atoms with Gasteiger partial charge in [-0.15, -0.1) is 0 Å². The summed E-state index contributed by atoms with van der Waals surface area (Å²) in [5, 5.41) is 3.96. The number of nitrogens with zero attached hydrogens (tertiary/aromatic N) is 1. The first-order valence-electron chi connectivity index (χ1n) is 6.81. The Hall–Kier alpha value is -1.98. The van der Waals surface area contributed by atoms with Crippen LogP contribution in [-0.2, 0) is 12.8 Å². The van der Waals surface area contributed by atoms with E-state index in [0.717, 1.165) is 41.6 Å². The van der Waals surface area contributed by atoms with Gasteiger partial charge in [-0.3, -0.25) is 0 Å². The largest absolute Gasteiger partial charge is 0.482 e. The molecule has 1 aliphatic carbocycles. The Morgan fingerprint density at radius 2 is 2.10 bits per heavy atom. The molecule has 0 saturated carbocycles. The Kier molecular flexibility index (Phi) is 3.39. The van der Waals surface area contributed by atoms with Crippen LogP contribution in [0.2, 0.25) is 0 Å². The maximum absolute atomic E-state index is 12.3. The molecule has 3 nitrogen and oxygen atoms in total. The zero-order chi connectivity index (χ0) is 15.0. The van der Waals surface area contributed by atoms with Crippen molar-refractivity contribution in [3.8, 4) is 5.75 Å². The van der Waals surface area contributed by atoms with Gasteiger partial charge in [0.2, 0.25) is 0 Å². The van der Waals surface area contributed by atoms with Gasteiger partial charge < -0.3 is 10.1 Å². The van der Waals surface area contributed by atoms with Crippen molar-refractivity contribution in [2.24, 2.45) is 0 Å². The average molecular weight is 296 g/mol. The van der Waals surface area contributed by atoms with Crippen LogP contribution in [0, 0.1) is 0 Å². The van der Waals surface area contributed by atoms with Gasteiger partial charge in [0.15, 0.2) is 6.61 Å². The van der Waals surface area contributed by atoms with Gasteiger partial charge in [-0.05, 0) is 30.9 Å². The number of pyridine rings is 1. The highest BCUT2D eigenvalue weighted by Gasteiger charge is 2.29. The zero-order valence-electron chi connectivity index (χ0n) is 11.5. The molecular formula is C15H15F3N2O. The summed E-state index contributed by atoms with van der Waals surface area (Å²) in [6.07, 6.45) is -1.54. The van der Waals surface area contributed by atoms with E-state index in [-0.39, 0.29) is 5.75 Å². The monoisotopic (exact) mass is 296 g/mol. The van der Waals surface area contributed by atoms with Crippen LogP contribution in [-0.4, -0.2) is 24.8 Å². The van der Waals surface area contributed by atoms with Crippen LogP contribution in [0.4, 0.5) is 18.9 Å². The topological polar surface area (TPSA) is 34.2 Å². The molecule has 1 aromatic heterocycles. The van der Waals surface area contributed by atoms with Crippen molar-refractivity contribution in [1.29, 1.82) is 0 Å². The second-order valence-corrected chi connectivity index (χ2v) is 5.07. The van der Waals surface area contributed by atoms with Crippen LogP contribution in [0.5, 0.6) is 5.75 Å². The summed E-state index contributed by atoms with van der Waals surface area (Å²) in [7, 11) is 1.82. The van der Waals surface area contributed by atoms with E-state index < -0.39 is 12.8 Å². The molecular weight excluding hydrogens is 281 g/mol. The summed E-state index contributed by atoms with van der Waals surface area (Å²) in [4.78, 5) is 4.53. The fraction of sp³-hybridized carbons (Fsp3) is 0.400. The SMILES string of the molecule is CNc1c2c(nc3c(OCC(F)(F)F)cccc13)CCC2. The molecule has 1 aromatic carbocycles. The summed E-state index contributed by atoms with van der Waals surface area (Å²) in [5.74, 6) is 0.177. The number of hydrogen-bond donors (Lipinski definition) is 1. The highest BCUT2D eigenvalue weighted by molar-refractivity contribution is 5.97. The van der Waals surface area contributed by atoms with Crippen molar-refractivity contribution in [3.05, 3.63) is 29.5 Å². The van der Waals surface area contributed by atoms with Crippen molar-refractivity contribution in [1.82, 2.24) is 4.98 Å². The Bertz CT molecular complexity index is 683. The number of aromatic nitrogens is 1. The maximum atomic E-state index is 12.3. The van der Waals surface area contributed by atoms with Crippen molar-refractivity contribution < 1.29 is 17.9 Å². The summed E-state index contributed by atoms with van der Waals surface area (Å²) < 4.78 is 42.0. The van der Waals surface area contributed by atoms with Gasteiger partial charge >= 0.3 is 6.18 Å². The molecule has 2 aromatic rings. The Balaban J connectivity index is 2.11. The van der Waals surface area contributed by atoms with E-state index >= 15 is 0 Å². The molecule has 0 atom stereocenters. The number of alkyl halides is 3. The number of anilines is 1. The zero-order valence-corrected chi connectivity index (χ0v) is 11.5. The normalized spacial score (nSPS) is 14.3. The van der Waals surface area contributed by atoms with Gasteiger partial charge in [0, 0.05) is 23.8 Å². The number of rotatable bonds is 3. The van der Waals surface area contributed by atoms with E-state index in [1.807, 2.05) is 13.1 Å². The van der Waals surface area contributed by atoms with Crippen LogP contribution < -0.4 is 10.1 Å². The van der Waals surface area contributed by atoms with Gasteiger partial charge in [-0.25, -0.2) is 4.98 Å². The minimum Gasteiger partial charge on any atom is -0.482 e. The molecule has 112 valence electrons. The quantitative estimate of drug-likeness (QED) is 0.937. The molecule has 0 amide bonds. The summed E-state index contributed by atoms with van der Waals surface area (Å²) in [6, 6.07) is 5.08. The molecule has 3 rings (SSSR count).